The highest BCUT2D eigenvalue weighted by Gasteiger charge is 2.34. The van der Waals surface area contributed by atoms with Crippen molar-refractivity contribution in [1.29, 1.82) is 0 Å². The summed E-state index contributed by atoms with van der Waals surface area (Å²) in [4.78, 5) is 13.7. The third-order valence-corrected chi connectivity index (χ3v) is 2.95. The number of likely N-dealkylation sites (N-methyl/N-ethyl adjacent to an activating group) is 1. The Morgan fingerprint density at radius 1 is 1.42 bits per heavy atom. The summed E-state index contributed by atoms with van der Waals surface area (Å²) < 4.78 is 18.4. The zero-order chi connectivity index (χ0) is 14.6. The number of halogens is 1. The minimum absolute atomic E-state index is 0.116. The fourth-order valence-corrected chi connectivity index (χ4v) is 1.59. The van der Waals surface area contributed by atoms with Crippen LogP contribution in [0, 0.1) is 5.82 Å². The Morgan fingerprint density at radius 3 is 2.42 bits per heavy atom. The van der Waals surface area contributed by atoms with Crippen molar-refractivity contribution in [1.82, 2.24) is 4.90 Å². The summed E-state index contributed by atoms with van der Waals surface area (Å²) in [7, 11) is 1.61. The van der Waals surface area contributed by atoms with Gasteiger partial charge in [0.2, 0.25) is 0 Å². The Balaban J connectivity index is 2.80. The number of ether oxygens (including phenoxy) is 1. The van der Waals surface area contributed by atoms with Crippen molar-refractivity contribution in [2.75, 3.05) is 13.7 Å². The number of benzene rings is 1. The first-order chi connectivity index (χ1) is 8.77. The van der Waals surface area contributed by atoms with Crippen molar-refractivity contribution in [2.24, 2.45) is 0 Å². The van der Waals surface area contributed by atoms with Crippen molar-refractivity contribution in [3.8, 4) is 5.75 Å². The molecule has 1 N–H and O–H groups in total. The minimum Gasteiger partial charge on any atom is -0.478 e. The van der Waals surface area contributed by atoms with E-state index in [2.05, 4.69) is 0 Å². The fraction of sp³-hybridized carbons (Fsp3) is 0.500. The standard InChI is InChI=1S/C14H20FNO3/c1-10(9-17)16(4)13(18)14(2,3)19-12-7-5-11(15)6-8-12/h5-8,10,17H,9H2,1-4H3. The molecule has 1 aromatic carbocycles. The highest BCUT2D eigenvalue weighted by atomic mass is 19.1. The Morgan fingerprint density at radius 2 is 1.95 bits per heavy atom. The summed E-state index contributed by atoms with van der Waals surface area (Å²) in [6.45, 7) is 4.90. The molecule has 1 rings (SSSR count). The quantitative estimate of drug-likeness (QED) is 0.887. The summed E-state index contributed by atoms with van der Waals surface area (Å²) in [5, 5.41) is 9.06. The summed E-state index contributed by atoms with van der Waals surface area (Å²) in [6.07, 6.45) is 0. The summed E-state index contributed by atoms with van der Waals surface area (Å²) in [5.74, 6) is -0.189. The molecule has 106 valence electrons. The van der Waals surface area contributed by atoms with E-state index in [0.29, 0.717) is 5.75 Å². The predicted octanol–water partition coefficient (Wildman–Crippen LogP) is 1.82. The average molecular weight is 269 g/mol. The van der Waals surface area contributed by atoms with Crippen LogP contribution in [-0.4, -0.2) is 41.2 Å². The van der Waals surface area contributed by atoms with Gasteiger partial charge in [-0.15, -0.1) is 0 Å². The van der Waals surface area contributed by atoms with Crippen LogP contribution in [0.3, 0.4) is 0 Å². The molecule has 1 aromatic rings. The maximum absolute atomic E-state index is 12.8. The highest BCUT2D eigenvalue weighted by molar-refractivity contribution is 5.84. The van der Waals surface area contributed by atoms with E-state index in [0.717, 1.165) is 0 Å². The average Bonchev–Trinajstić information content (AvgIpc) is 2.38. The molecule has 0 heterocycles. The van der Waals surface area contributed by atoms with Crippen molar-refractivity contribution < 1.29 is 19.0 Å². The number of hydrogen-bond donors (Lipinski definition) is 1. The monoisotopic (exact) mass is 269 g/mol. The summed E-state index contributed by atoms with van der Waals surface area (Å²) in [6, 6.07) is 5.20. The van der Waals surface area contributed by atoms with E-state index in [-0.39, 0.29) is 24.4 Å². The second kappa shape index (κ2) is 6.02. The van der Waals surface area contributed by atoms with Crippen LogP contribution in [0.2, 0.25) is 0 Å². The minimum atomic E-state index is -1.09. The molecule has 0 bridgehead atoms. The van der Waals surface area contributed by atoms with Gasteiger partial charge in [0.1, 0.15) is 11.6 Å². The smallest absolute Gasteiger partial charge is 0.266 e. The van der Waals surface area contributed by atoms with Gasteiger partial charge in [0.05, 0.1) is 12.6 Å². The number of rotatable bonds is 5. The van der Waals surface area contributed by atoms with Crippen molar-refractivity contribution in [3.05, 3.63) is 30.1 Å². The highest BCUT2D eigenvalue weighted by Crippen LogP contribution is 2.21. The summed E-state index contributed by atoms with van der Waals surface area (Å²) >= 11 is 0. The lowest BCUT2D eigenvalue weighted by Crippen LogP contribution is -2.51. The maximum Gasteiger partial charge on any atom is 0.266 e. The van der Waals surface area contributed by atoms with Gasteiger partial charge in [-0.05, 0) is 45.0 Å². The van der Waals surface area contributed by atoms with Crippen molar-refractivity contribution >= 4 is 5.91 Å². The number of amides is 1. The molecule has 4 nitrogen and oxygen atoms in total. The molecule has 1 amide bonds. The molecule has 0 aliphatic carbocycles. The number of hydrogen-bond acceptors (Lipinski definition) is 3. The normalized spacial score (nSPS) is 12.9. The SMILES string of the molecule is CC(CO)N(C)C(=O)C(C)(C)Oc1ccc(F)cc1. The lowest BCUT2D eigenvalue weighted by atomic mass is 10.1. The number of aliphatic hydroxyl groups is 1. The zero-order valence-electron chi connectivity index (χ0n) is 11.7. The van der Waals surface area contributed by atoms with E-state index in [1.165, 1.54) is 29.2 Å². The largest absolute Gasteiger partial charge is 0.478 e. The molecule has 0 aliphatic rings. The molecule has 1 unspecified atom stereocenters. The van der Waals surface area contributed by atoms with Gasteiger partial charge in [-0.2, -0.15) is 0 Å². The van der Waals surface area contributed by atoms with Gasteiger partial charge < -0.3 is 14.7 Å². The topological polar surface area (TPSA) is 49.8 Å². The van der Waals surface area contributed by atoms with Crippen LogP contribution in [0.1, 0.15) is 20.8 Å². The van der Waals surface area contributed by atoms with Gasteiger partial charge in [0.15, 0.2) is 5.60 Å². The van der Waals surface area contributed by atoms with Gasteiger partial charge in [0, 0.05) is 7.05 Å². The fourth-order valence-electron chi connectivity index (χ4n) is 1.59. The number of carbonyl (C=O) groups excluding carboxylic acids is 1. The van der Waals surface area contributed by atoms with Crippen LogP contribution in [0.5, 0.6) is 5.75 Å². The van der Waals surface area contributed by atoms with E-state index >= 15 is 0 Å². The van der Waals surface area contributed by atoms with E-state index in [4.69, 9.17) is 9.84 Å². The molecular formula is C14H20FNO3. The Hall–Kier alpha value is -1.62. The van der Waals surface area contributed by atoms with Gasteiger partial charge in [-0.3, -0.25) is 4.79 Å². The molecule has 5 heteroatoms. The van der Waals surface area contributed by atoms with E-state index in [9.17, 15) is 9.18 Å². The van der Waals surface area contributed by atoms with E-state index < -0.39 is 5.60 Å². The van der Waals surface area contributed by atoms with Gasteiger partial charge in [-0.1, -0.05) is 0 Å². The first-order valence-electron chi connectivity index (χ1n) is 6.10. The van der Waals surface area contributed by atoms with Crippen molar-refractivity contribution in [2.45, 2.75) is 32.4 Å². The number of aliphatic hydroxyl groups excluding tert-OH is 1. The van der Waals surface area contributed by atoms with Crippen LogP contribution >= 0.6 is 0 Å². The zero-order valence-corrected chi connectivity index (χ0v) is 11.7. The van der Waals surface area contributed by atoms with Crippen LogP contribution in [0.4, 0.5) is 4.39 Å². The van der Waals surface area contributed by atoms with Gasteiger partial charge in [-0.25, -0.2) is 4.39 Å². The van der Waals surface area contributed by atoms with Crippen LogP contribution < -0.4 is 4.74 Å². The molecular weight excluding hydrogens is 249 g/mol. The van der Waals surface area contributed by atoms with Crippen LogP contribution in [0.15, 0.2) is 24.3 Å². The lowest BCUT2D eigenvalue weighted by molar-refractivity contribution is -0.146. The van der Waals surface area contributed by atoms with Gasteiger partial charge in [0.25, 0.3) is 5.91 Å². The first-order valence-corrected chi connectivity index (χ1v) is 6.10. The molecule has 19 heavy (non-hydrogen) atoms. The van der Waals surface area contributed by atoms with Gasteiger partial charge >= 0.3 is 0 Å². The molecule has 0 saturated heterocycles. The van der Waals surface area contributed by atoms with Crippen molar-refractivity contribution in [3.63, 3.8) is 0 Å². The molecule has 0 saturated carbocycles. The molecule has 0 fully saturated rings. The maximum atomic E-state index is 12.8. The lowest BCUT2D eigenvalue weighted by Gasteiger charge is -2.32. The molecule has 0 aromatic heterocycles. The third-order valence-electron chi connectivity index (χ3n) is 2.95. The van der Waals surface area contributed by atoms with Crippen LogP contribution in [-0.2, 0) is 4.79 Å². The second-order valence-corrected chi connectivity index (χ2v) is 5.01. The van der Waals surface area contributed by atoms with E-state index in [1.54, 1.807) is 27.8 Å². The van der Waals surface area contributed by atoms with Crippen LogP contribution in [0.25, 0.3) is 0 Å². The van der Waals surface area contributed by atoms with E-state index in [1.807, 2.05) is 0 Å². The summed E-state index contributed by atoms with van der Waals surface area (Å²) in [5.41, 5.74) is -1.09. The molecule has 1 atom stereocenters. The first kappa shape index (κ1) is 15.4. The Kier molecular flexibility index (Phi) is 4.89. The molecule has 0 radical (unpaired) electrons. The molecule has 0 aliphatic heterocycles. The number of nitrogens with zero attached hydrogens (tertiary/aromatic N) is 1. The third kappa shape index (κ3) is 3.92. The second-order valence-electron chi connectivity index (χ2n) is 5.01. The molecule has 0 spiro atoms. The number of carbonyl (C=O) groups is 1. The Labute approximate surface area is 112 Å². The Bertz CT molecular complexity index is 431. The predicted molar refractivity (Wildman–Crippen MR) is 70.4 cm³/mol.